The molecule has 1 saturated heterocycles. The van der Waals surface area contributed by atoms with Crippen LogP contribution in [-0.2, 0) is 33.9 Å². The van der Waals surface area contributed by atoms with Crippen molar-refractivity contribution in [2.24, 2.45) is 0 Å². The Morgan fingerprint density at radius 3 is 3.14 bits per heavy atom. The summed E-state index contributed by atoms with van der Waals surface area (Å²) in [6.45, 7) is 4.35. The molecule has 2 heterocycles. The number of fused-ring (bicyclic) bond motifs is 1. The van der Waals surface area contributed by atoms with Gasteiger partial charge in [-0.05, 0) is 29.5 Å². The number of ether oxygens (including phenoxy) is 2. The first-order chi connectivity index (χ1) is 10.8. The lowest BCUT2D eigenvalue weighted by Gasteiger charge is -2.10. The van der Waals surface area contributed by atoms with E-state index < -0.39 is 0 Å². The minimum Gasteiger partial charge on any atom is -0.378 e. The summed E-state index contributed by atoms with van der Waals surface area (Å²) in [5.74, 6) is 0.0333. The third-order valence-corrected chi connectivity index (χ3v) is 4.19. The zero-order valence-electron chi connectivity index (χ0n) is 12.9. The zero-order chi connectivity index (χ0) is 15.2. The van der Waals surface area contributed by atoms with Crippen molar-refractivity contribution in [1.29, 1.82) is 0 Å². The van der Waals surface area contributed by atoms with Crippen molar-refractivity contribution < 1.29 is 14.3 Å². The average molecular weight is 304 g/mol. The molecular formula is C17H24N2O3. The molecular weight excluding hydrogens is 280 g/mol. The van der Waals surface area contributed by atoms with E-state index in [1.165, 1.54) is 11.1 Å². The summed E-state index contributed by atoms with van der Waals surface area (Å²) >= 11 is 0. The molecule has 1 atom stereocenters. The van der Waals surface area contributed by atoms with E-state index in [9.17, 15) is 4.79 Å². The molecule has 0 saturated carbocycles. The number of hydrogen-bond acceptors (Lipinski definition) is 4. The number of amides is 1. The molecule has 0 spiro atoms. The molecule has 3 rings (SSSR count). The minimum absolute atomic E-state index is 0.0333. The topological polar surface area (TPSA) is 59.6 Å². The van der Waals surface area contributed by atoms with Gasteiger partial charge in [0.1, 0.15) is 0 Å². The second-order valence-corrected chi connectivity index (χ2v) is 5.94. The molecule has 1 unspecified atom stereocenters. The second-order valence-electron chi connectivity index (χ2n) is 5.94. The molecule has 0 bridgehead atoms. The predicted molar refractivity (Wildman–Crippen MR) is 83.2 cm³/mol. The number of carbonyl (C=O) groups is 1. The standard InChI is InChI=1S/C17H24N2O3/c20-17(5-7-21-12-16-2-1-6-22-16)19-9-13-3-4-14-10-18-11-15(14)8-13/h3-4,8,16,18H,1-2,5-7,9-12H2,(H,19,20). The third kappa shape index (κ3) is 4.29. The van der Waals surface area contributed by atoms with E-state index in [-0.39, 0.29) is 12.0 Å². The van der Waals surface area contributed by atoms with Gasteiger partial charge in [-0.3, -0.25) is 4.79 Å². The Bertz CT molecular complexity index is 513. The van der Waals surface area contributed by atoms with Crippen LogP contribution in [0.15, 0.2) is 18.2 Å². The Morgan fingerprint density at radius 1 is 1.36 bits per heavy atom. The Kier molecular flexibility index (Phi) is 5.43. The van der Waals surface area contributed by atoms with Crippen molar-refractivity contribution in [3.63, 3.8) is 0 Å². The van der Waals surface area contributed by atoms with Crippen LogP contribution in [0.1, 0.15) is 36.0 Å². The SMILES string of the molecule is O=C(CCOCC1CCCO1)NCc1ccc2c(c1)CNC2. The number of nitrogens with one attached hydrogen (secondary N) is 2. The van der Waals surface area contributed by atoms with Gasteiger partial charge in [-0.2, -0.15) is 0 Å². The molecule has 2 N–H and O–H groups in total. The fourth-order valence-electron chi connectivity index (χ4n) is 2.90. The molecule has 5 heteroatoms. The van der Waals surface area contributed by atoms with Crippen molar-refractivity contribution in [2.45, 2.75) is 45.0 Å². The fourth-order valence-corrected chi connectivity index (χ4v) is 2.90. The lowest BCUT2D eigenvalue weighted by Crippen LogP contribution is -2.24. The normalized spacial score (nSPS) is 20.1. The highest BCUT2D eigenvalue weighted by Gasteiger charge is 2.15. The maximum Gasteiger partial charge on any atom is 0.222 e. The fraction of sp³-hybridized carbons (Fsp3) is 0.588. The van der Waals surface area contributed by atoms with Crippen LogP contribution in [0.25, 0.3) is 0 Å². The Balaban J connectivity index is 1.32. The molecule has 22 heavy (non-hydrogen) atoms. The van der Waals surface area contributed by atoms with E-state index in [1.54, 1.807) is 0 Å². The first-order valence-electron chi connectivity index (χ1n) is 8.09. The first-order valence-corrected chi connectivity index (χ1v) is 8.09. The molecule has 0 aliphatic carbocycles. The molecule has 120 valence electrons. The molecule has 0 radical (unpaired) electrons. The highest BCUT2D eigenvalue weighted by atomic mass is 16.5. The average Bonchev–Trinajstić information content (AvgIpc) is 3.20. The van der Waals surface area contributed by atoms with Crippen LogP contribution in [0.5, 0.6) is 0 Å². The van der Waals surface area contributed by atoms with Crippen LogP contribution in [0.4, 0.5) is 0 Å². The van der Waals surface area contributed by atoms with E-state index in [1.807, 2.05) is 0 Å². The zero-order valence-corrected chi connectivity index (χ0v) is 12.9. The molecule has 1 fully saturated rings. The van der Waals surface area contributed by atoms with Crippen LogP contribution < -0.4 is 10.6 Å². The summed E-state index contributed by atoms with van der Waals surface area (Å²) in [5, 5.41) is 6.27. The van der Waals surface area contributed by atoms with Crippen molar-refractivity contribution in [2.75, 3.05) is 19.8 Å². The minimum atomic E-state index is 0.0333. The number of carbonyl (C=O) groups excluding carboxylic acids is 1. The van der Waals surface area contributed by atoms with Crippen molar-refractivity contribution in [3.05, 3.63) is 34.9 Å². The largest absolute Gasteiger partial charge is 0.378 e. The van der Waals surface area contributed by atoms with Gasteiger partial charge in [0.2, 0.25) is 5.91 Å². The summed E-state index contributed by atoms with van der Waals surface area (Å²) < 4.78 is 11.0. The van der Waals surface area contributed by atoms with Gasteiger partial charge >= 0.3 is 0 Å². The van der Waals surface area contributed by atoms with Crippen molar-refractivity contribution in [1.82, 2.24) is 10.6 Å². The molecule has 0 aromatic heterocycles. The number of hydrogen-bond donors (Lipinski definition) is 2. The smallest absolute Gasteiger partial charge is 0.222 e. The monoisotopic (exact) mass is 304 g/mol. The van der Waals surface area contributed by atoms with Crippen LogP contribution in [-0.4, -0.2) is 31.8 Å². The van der Waals surface area contributed by atoms with Gasteiger partial charge < -0.3 is 20.1 Å². The van der Waals surface area contributed by atoms with E-state index in [4.69, 9.17) is 9.47 Å². The predicted octanol–water partition coefficient (Wildman–Crippen LogP) is 1.49. The maximum atomic E-state index is 11.8. The Hall–Kier alpha value is -1.43. The van der Waals surface area contributed by atoms with Crippen LogP contribution in [0.3, 0.4) is 0 Å². The number of benzene rings is 1. The summed E-state index contributed by atoms with van der Waals surface area (Å²) in [4.78, 5) is 11.8. The van der Waals surface area contributed by atoms with E-state index in [2.05, 4.69) is 28.8 Å². The lowest BCUT2D eigenvalue weighted by atomic mass is 10.1. The summed E-state index contributed by atoms with van der Waals surface area (Å²) in [7, 11) is 0. The summed E-state index contributed by atoms with van der Waals surface area (Å²) in [6.07, 6.45) is 2.81. The molecule has 1 aromatic rings. The van der Waals surface area contributed by atoms with E-state index >= 15 is 0 Å². The van der Waals surface area contributed by atoms with Crippen molar-refractivity contribution in [3.8, 4) is 0 Å². The molecule has 2 aliphatic rings. The highest BCUT2D eigenvalue weighted by molar-refractivity contribution is 5.75. The quantitative estimate of drug-likeness (QED) is 0.749. The van der Waals surface area contributed by atoms with Gasteiger partial charge in [-0.15, -0.1) is 0 Å². The second kappa shape index (κ2) is 7.72. The van der Waals surface area contributed by atoms with Crippen LogP contribution in [0, 0.1) is 0 Å². The van der Waals surface area contributed by atoms with Gasteiger partial charge in [0.15, 0.2) is 0 Å². The Labute approximate surface area is 131 Å². The maximum absolute atomic E-state index is 11.8. The van der Waals surface area contributed by atoms with Crippen molar-refractivity contribution >= 4 is 5.91 Å². The summed E-state index contributed by atoms with van der Waals surface area (Å²) in [6, 6.07) is 6.39. The third-order valence-electron chi connectivity index (χ3n) is 4.19. The van der Waals surface area contributed by atoms with Crippen LogP contribution >= 0.6 is 0 Å². The molecule has 2 aliphatic heterocycles. The molecule has 1 aromatic carbocycles. The van der Waals surface area contributed by atoms with E-state index in [0.29, 0.717) is 26.2 Å². The Morgan fingerprint density at radius 2 is 2.27 bits per heavy atom. The molecule has 1 amide bonds. The van der Waals surface area contributed by atoms with Gasteiger partial charge in [0.05, 0.1) is 19.3 Å². The van der Waals surface area contributed by atoms with Gasteiger partial charge in [-0.1, -0.05) is 18.2 Å². The van der Waals surface area contributed by atoms with Gasteiger partial charge in [0.25, 0.3) is 0 Å². The lowest BCUT2D eigenvalue weighted by molar-refractivity contribution is -0.122. The van der Waals surface area contributed by atoms with Gasteiger partial charge in [0, 0.05) is 32.7 Å². The summed E-state index contributed by atoms with van der Waals surface area (Å²) in [5.41, 5.74) is 3.85. The number of rotatable bonds is 7. The molecule has 5 nitrogen and oxygen atoms in total. The van der Waals surface area contributed by atoms with Gasteiger partial charge in [-0.25, -0.2) is 0 Å². The van der Waals surface area contributed by atoms with Crippen LogP contribution in [0.2, 0.25) is 0 Å². The van der Waals surface area contributed by atoms with E-state index in [0.717, 1.165) is 38.1 Å². The first kappa shape index (κ1) is 15.5. The highest BCUT2D eigenvalue weighted by Crippen LogP contribution is 2.17.